The maximum absolute atomic E-state index is 12.3. The van der Waals surface area contributed by atoms with Crippen molar-refractivity contribution >= 4 is 17.6 Å². The normalized spacial score (nSPS) is 22.0. The van der Waals surface area contributed by atoms with Crippen molar-refractivity contribution in [2.75, 3.05) is 5.32 Å². The van der Waals surface area contributed by atoms with Gasteiger partial charge < -0.3 is 10.4 Å². The molecule has 0 spiro atoms. The largest absolute Gasteiger partial charge is 0.481 e. The number of hydrogen-bond acceptors (Lipinski definition) is 3. The first kappa shape index (κ1) is 15.3. The number of amides is 1. The Morgan fingerprint density at radius 1 is 1.24 bits per heavy atom. The molecule has 1 aromatic heterocycles. The van der Waals surface area contributed by atoms with Crippen LogP contribution in [0.5, 0.6) is 0 Å². The topological polar surface area (TPSA) is 79.3 Å². The van der Waals surface area contributed by atoms with Gasteiger partial charge in [0.05, 0.1) is 17.8 Å². The Labute approximate surface area is 118 Å². The molecule has 0 saturated heterocycles. The van der Waals surface area contributed by atoms with E-state index in [1.807, 2.05) is 0 Å². The Morgan fingerprint density at radius 3 is 2.38 bits per heavy atom. The number of aromatic nitrogens is 1. The van der Waals surface area contributed by atoms with E-state index in [0.29, 0.717) is 12.8 Å². The van der Waals surface area contributed by atoms with Gasteiger partial charge in [-0.3, -0.25) is 9.59 Å². The molecule has 21 heavy (non-hydrogen) atoms. The third-order valence-corrected chi connectivity index (χ3v) is 3.47. The zero-order valence-electron chi connectivity index (χ0n) is 10.9. The molecular formula is C13H13F3N2O3. The highest BCUT2D eigenvalue weighted by molar-refractivity contribution is 5.93. The standard InChI is InChI=1S/C13H13F3N2O3/c14-13(15,16)10-4-3-9(6-17-10)18-11(19)7-1-2-8(5-7)12(20)21/h3-4,6-8H,1-2,5H2,(H,18,19)(H,20,21). The number of pyridine rings is 1. The van der Waals surface area contributed by atoms with E-state index in [1.165, 1.54) is 0 Å². The quantitative estimate of drug-likeness (QED) is 0.899. The summed E-state index contributed by atoms with van der Waals surface area (Å²) in [5, 5.41) is 11.3. The Morgan fingerprint density at radius 2 is 1.90 bits per heavy atom. The highest BCUT2D eigenvalue weighted by Gasteiger charge is 2.34. The summed E-state index contributed by atoms with van der Waals surface area (Å²) < 4.78 is 37.0. The minimum Gasteiger partial charge on any atom is -0.481 e. The van der Waals surface area contributed by atoms with Crippen LogP contribution >= 0.6 is 0 Å². The van der Waals surface area contributed by atoms with Crippen molar-refractivity contribution in [2.45, 2.75) is 25.4 Å². The lowest BCUT2D eigenvalue weighted by Gasteiger charge is -2.11. The number of rotatable bonds is 3. The number of carboxylic acids is 1. The van der Waals surface area contributed by atoms with Gasteiger partial charge in [0.15, 0.2) is 0 Å². The first-order valence-corrected chi connectivity index (χ1v) is 6.34. The molecule has 0 radical (unpaired) electrons. The summed E-state index contributed by atoms with van der Waals surface area (Å²) in [6.07, 6.45) is -2.46. The van der Waals surface area contributed by atoms with Crippen LogP contribution in [0.1, 0.15) is 25.0 Å². The Bertz CT molecular complexity index is 543. The van der Waals surface area contributed by atoms with Crippen molar-refractivity contribution in [3.8, 4) is 0 Å². The monoisotopic (exact) mass is 302 g/mol. The van der Waals surface area contributed by atoms with Crippen molar-refractivity contribution in [3.05, 3.63) is 24.0 Å². The van der Waals surface area contributed by atoms with E-state index in [9.17, 15) is 22.8 Å². The number of nitrogens with zero attached hydrogens (tertiary/aromatic N) is 1. The molecule has 1 heterocycles. The molecule has 1 aromatic rings. The molecule has 0 aromatic carbocycles. The van der Waals surface area contributed by atoms with Crippen molar-refractivity contribution in [1.82, 2.24) is 4.98 Å². The van der Waals surface area contributed by atoms with Crippen LogP contribution in [-0.4, -0.2) is 22.0 Å². The van der Waals surface area contributed by atoms with Gasteiger partial charge in [-0.15, -0.1) is 0 Å². The number of carbonyl (C=O) groups excluding carboxylic acids is 1. The molecule has 2 atom stereocenters. The average Bonchev–Trinajstić information content (AvgIpc) is 2.88. The molecule has 5 nitrogen and oxygen atoms in total. The summed E-state index contributed by atoms with van der Waals surface area (Å²) in [5.74, 6) is -2.29. The Balaban J connectivity index is 1.96. The molecule has 0 aliphatic heterocycles. The zero-order chi connectivity index (χ0) is 15.6. The molecule has 2 unspecified atom stereocenters. The van der Waals surface area contributed by atoms with Gasteiger partial charge in [0.25, 0.3) is 0 Å². The van der Waals surface area contributed by atoms with Crippen LogP contribution in [0.4, 0.5) is 18.9 Å². The number of hydrogen-bond donors (Lipinski definition) is 2. The van der Waals surface area contributed by atoms with E-state index in [1.54, 1.807) is 0 Å². The molecule has 114 valence electrons. The molecule has 1 amide bonds. The molecule has 1 aliphatic rings. The minimum atomic E-state index is -4.53. The van der Waals surface area contributed by atoms with Crippen LogP contribution in [0.25, 0.3) is 0 Å². The number of anilines is 1. The first-order chi connectivity index (χ1) is 9.77. The highest BCUT2D eigenvalue weighted by atomic mass is 19.4. The summed E-state index contributed by atoms with van der Waals surface area (Å²) in [6, 6.07) is 1.90. The SMILES string of the molecule is O=C(O)C1CCC(C(=O)Nc2ccc(C(F)(F)F)nc2)C1. The molecule has 1 saturated carbocycles. The van der Waals surface area contributed by atoms with E-state index in [-0.39, 0.29) is 18.0 Å². The third kappa shape index (κ3) is 3.71. The molecular weight excluding hydrogens is 289 g/mol. The zero-order valence-corrected chi connectivity index (χ0v) is 10.9. The number of carboxylic acid groups (broad SMARTS) is 1. The summed E-state index contributed by atoms with van der Waals surface area (Å²) in [4.78, 5) is 26.0. The summed E-state index contributed by atoms with van der Waals surface area (Å²) in [5.41, 5.74) is -0.876. The second-order valence-corrected chi connectivity index (χ2v) is 4.96. The summed E-state index contributed by atoms with van der Waals surface area (Å²) in [6.45, 7) is 0. The number of halogens is 3. The van der Waals surface area contributed by atoms with Crippen LogP contribution in [0, 0.1) is 11.8 Å². The maximum Gasteiger partial charge on any atom is 0.433 e. The van der Waals surface area contributed by atoms with Gasteiger partial charge in [-0.1, -0.05) is 0 Å². The molecule has 8 heteroatoms. The first-order valence-electron chi connectivity index (χ1n) is 6.34. The lowest BCUT2D eigenvalue weighted by atomic mass is 10.0. The second kappa shape index (κ2) is 5.71. The van der Waals surface area contributed by atoms with Gasteiger partial charge in [-0.05, 0) is 31.4 Å². The molecule has 1 aliphatic carbocycles. The summed E-state index contributed by atoms with van der Waals surface area (Å²) >= 11 is 0. The van der Waals surface area contributed by atoms with E-state index in [0.717, 1.165) is 18.3 Å². The van der Waals surface area contributed by atoms with Gasteiger partial charge in [0.1, 0.15) is 5.69 Å². The van der Waals surface area contributed by atoms with Gasteiger partial charge in [-0.25, -0.2) is 4.98 Å². The van der Waals surface area contributed by atoms with Gasteiger partial charge in [0, 0.05) is 5.92 Å². The smallest absolute Gasteiger partial charge is 0.433 e. The van der Waals surface area contributed by atoms with Crippen LogP contribution in [0.3, 0.4) is 0 Å². The molecule has 2 N–H and O–H groups in total. The van der Waals surface area contributed by atoms with Crippen molar-refractivity contribution in [1.29, 1.82) is 0 Å². The van der Waals surface area contributed by atoms with Crippen LogP contribution in [-0.2, 0) is 15.8 Å². The average molecular weight is 302 g/mol. The third-order valence-electron chi connectivity index (χ3n) is 3.47. The minimum absolute atomic E-state index is 0.159. The van der Waals surface area contributed by atoms with E-state index in [2.05, 4.69) is 10.3 Å². The van der Waals surface area contributed by atoms with Crippen molar-refractivity contribution in [3.63, 3.8) is 0 Å². The molecule has 0 bridgehead atoms. The second-order valence-electron chi connectivity index (χ2n) is 4.96. The number of alkyl halides is 3. The lowest BCUT2D eigenvalue weighted by molar-refractivity contribution is -0.142. The number of aliphatic carboxylic acids is 1. The Hall–Kier alpha value is -2.12. The predicted molar refractivity (Wildman–Crippen MR) is 66.3 cm³/mol. The van der Waals surface area contributed by atoms with Gasteiger partial charge >= 0.3 is 12.1 Å². The van der Waals surface area contributed by atoms with Crippen molar-refractivity contribution < 1.29 is 27.9 Å². The van der Waals surface area contributed by atoms with Gasteiger partial charge in [0.2, 0.25) is 5.91 Å². The fraction of sp³-hybridized carbons (Fsp3) is 0.462. The molecule has 1 fully saturated rings. The fourth-order valence-corrected chi connectivity index (χ4v) is 2.32. The van der Waals surface area contributed by atoms with E-state index < -0.39 is 29.7 Å². The van der Waals surface area contributed by atoms with Crippen molar-refractivity contribution in [2.24, 2.45) is 11.8 Å². The summed E-state index contributed by atoms with van der Waals surface area (Å²) in [7, 11) is 0. The van der Waals surface area contributed by atoms with Gasteiger partial charge in [-0.2, -0.15) is 13.2 Å². The maximum atomic E-state index is 12.3. The number of carbonyl (C=O) groups is 2. The van der Waals surface area contributed by atoms with Crippen LogP contribution in [0.2, 0.25) is 0 Å². The highest BCUT2D eigenvalue weighted by Crippen LogP contribution is 2.32. The van der Waals surface area contributed by atoms with E-state index >= 15 is 0 Å². The van der Waals surface area contributed by atoms with Crippen LogP contribution in [0.15, 0.2) is 18.3 Å². The predicted octanol–water partition coefficient (Wildman–Crippen LogP) is 2.54. The fourth-order valence-electron chi connectivity index (χ4n) is 2.32. The van der Waals surface area contributed by atoms with Crippen LogP contribution < -0.4 is 5.32 Å². The lowest BCUT2D eigenvalue weighted by Crippen LogP contribution is -2.22. The van der Waals surface area contributed by atoms with E-state index in [4.69, 9.17) is 5.11 Å². The number of nitrogens with one attached hydrogen (secondary N) is 1. The Kier molecular flexibility index (Phi) is 4.15. The molecule has 2 rings (SSSR count).